The molecule has 0 amide bonds. The van der Waals surface area contributed by atoms with Gasteiger partial charge in [-0.25, -0.2) is 8.42 Å². The molecule has 1 saturated heterocycles. The second-order valence-electron chi connectivity index (χ2n) is 8.32. The number of halogens is 3. The number of aromatic nitrogens is 1. The molecule has 4 rings (SSSR count). The number of hydrogen-bond acceptors (Lipinski definition) is 6. The van der Waals surface area contributed by atoms with Gasteiger partial charge in [-0.2, -0.15) is 17.5 Å². The molecular formula is C23H24F3N3O3S2. The second kappa shape index (κ2) is 9.29. The van der Waals surface area contributed by atoms with E-state index in [-0.39, 0.29) is 28.9 Å². The van der Waals surface area contributed by atoms with Crippen LogP contribution in [0.25, 0.3) is 0 Å². The van der Waals surface area contributed by atoms with Crippen LogP contribution in [0.3, 0.4) is 0 Å². The summed E-state index contributed by atoms with van der Waals surface area (Å²) >= 11 is 1.16. The number of nitrogens with zero attached hydrogens (tertiary/aromatic N) is 3. The predicted octanol–water partition coefficient (Wildman–Crippen LogP) is 4.04. The van der Waals surface area contributed by atoms with Crippen molar-refractivity contribution >= 4 is 27.0 Å². The SMILES string of the molecule is C[C@@](O)(c1ccc(N2CCN(S(=O)(=O)c3cccs3)C[C@@H]2Cc2ccncc2)cc1)C(F)(F)F. The van der Waals surface area contributed by atoms with E-state index in [1.807, 2.05) is 17.0 Å². The molecule has 1 aliphatic rings. The predicted molar refractivity (Wildman–Crippen MR) is 124 cm³/mol. The summed E-state index contributed by atoms with van der Waals surface area (Å²) in [5, 5.41) is 11.7. The van der Waals surface area contributed by atoms with Gasteiger partial charge in [-0.1, -0.05) is 18.2 Å². The molecule has 1 N–H and O–H groups in total. The Kier molecular flexibility index (Phi) is 6.74. The van der Waals surface area contributed by atoms with Gasteiger partial charge in [-0.3, -0.25) is 4.98 Å². The molecule has 0 saturated carbocycles. The van der Waals surface area contributed by atoms with E-state index in [1.54, 1.807) is 42.0 Å². The molecule has 1 aromatic carbocycles. The second-order valence-corrected chi connectivity index (χ2v) is 11.4. The topological polar surface area (TPSA) is 73.7 Å². The number of piperazine rings is 1. The van der Waals surface area contributed by atoms with Crippen LogP contribution in [0.1, 0.15) is 18.1 Å². The third kappa shape index (κ3) is 4.83. The molecule has 0 spiro atoms. The van der Waals surface area contributed by atoms with Crippen molar-refractivity contribution in [3.8, 4) is 0 Å². The number of rotatable bonds is 6. The summed E-state index contributed by atoms with van der Waals surface area (Å²) in [5.41, 5.74) is -1.59. The quantitative estimate of drug-likeness (QED) is 0.541. The Morgan fingerprint density at radius 1 is 1.09 bits per heavy atom. The molecule has 11 heteroatoms. The zero-order valence-corrected chi connectivity index (χ0v) is 19.9. The maximum absolute atomic E-state index is 13.2. The fourth-order valence-electron chi connectivity index (χ4n) is 4.03. The summed E-state index contributed by atoms with van der Waals surface area (Å²) < 4.78 is 67.6. The van der Waals surface area contributed by atoms with E-state index >= 15 is 0 Å². The van der Waals surface area contributed by atoms with Gasteiger partial charge in [0, 0.05) is 43.8 Å². The molecule has 2 atom stereocenters. The van der Waals surface area contributed by atoms with Crippen molar-refractivity contribution in [1.82, 2.24) is 9.29 Å². The van der Waals surface area contributed by atoms with E-state index < -0.39 is 21.8 Å². The molecule has 34 heavy (non-hydrogen) atoms. The van der Waals surface area contributed by atoms with Crippen LogP contribution in [-0.2, 0) is 22.0 Å². The van der Waals surface area contributed by atoms with Gasteiger partial charge in [0.1, 0.15) is 4.21 Å². The smallest absolute Gasteiger partial charge is 0.376 e. The Labute approximate surface area is 200 Å². The zero-order valence-electron chi connectivity index (χ0n) is 18.3. The lowest BCUT2D eigenvalue weighted by Crippen LogP contribution is -2.55. The highest BCUT2D eigenvalue weighted by atomic mass is 32.2. The Morgan fingerprint density at radius 3 is 2.35 bits per heavy atom. The molecule has 1 aliphatic heterocycles. The number of aliphatic hydroxyl groups is 1. The molecular weight excluding hydrogens is 487 g/mol. The van der Waals surface area contributed by atoms with Gasteiger partial charge in [-0.15, -0.1) is 11.3 Å². The average Bonchev–Trinajstić information content (AvgIpc) is 3.35. The van der Waals surface area contributed by atoms with Crippen molar-refractivity contribution in [2.75, 3.05) is 24.5 Å². The van der Waals surface area contributed by atoms with Crippen molar-refractivity contribution in [2.24, 2.45) is 0 Å². The highest BCUT2D eigenvalue weighted by Gasteiger charge is 2.51. The molecule has 6 nitrogen and oxygen atoms in total. The lowest BCUT2D eigenvalue weighted by molar-refractivity contribution is -0.258. The summed E-state index contributed by atoms with van der Waals surface area (Å²) in [4.78, 5) is 6.03. The van der Waals surface area contributed by atoms with Gasteiger partial charge >= 0.3 is 6.18 Å². The fourth-order valence-corrected chi connectivity index (χ4v) is 6.64. The van der Waals surface area contributed by atoms with E-state index in [0.717, 1.165) is 23.8 Å². The first-order valence-corrected chi connectivity index (χ1v) is 12.9. The lowest BCUT2D eigenvalue weighted by Gasteiger charge is -2.42. The lowest BCUT2D eigenvalue weighted by atomic mass is 9.94. The van der Waals surface area contributed by atoms with E-state index in [1.165, 1.54) is 16.4 Å². The van der Waals surface area contributed by atoms with Crippen LogP contribution in [0, 0.1) is 0 Å². The third-order valence-electron chi connectivity index (χ3n) is 6.07. The Balaban J connectivity index is 1.62. The van der Waals surface area contributed by atoms with Crippen molar-refractivity contribution < 1.29 is 26.7 Å². The van der Waals surface area contributed by atoms with Gasteiger partial charge in [0.2, 0.25) is 0 Å². The monoisotopic (exact) mass is 511 g/mol. The highest BCUT2D eigenvalue weighted by molar-refractivity contribution is 7.91. The molecule has 2 aromatic heterocycles. The zero-order chi connectivity index (χ0) is 24.6. The Morgan fingerprint density at radius 2 is 1.76 bits per heavy atom. The van der Waals surface area contributed by atoms with Crippen LogP contribution in [0.2, 0.25) is 0 Å². The van der Waals surface area contributed by atoms with Crippen LogP contribution >= 0.6 is 11.3 Å². The minimum Gasteiger partial charge on any atom is -0.376 e. The molecule has 1 fully saturated rings. The minimum atomic E-state index is -4.81. The Hall–Kier alpha value is -2.47. The van der Waals surface area contributed by atoms with Gasteiger partial charge in [0.15, 0.2) is 5.60 Å². The summed E-state index contributed by atoms with van der Waals surface area (Å²) in [6.07, 6.45) is -0.950. The van der Waals surface area contributed by atoms with Crippen LogP contribution in [0.5, 0.6) is 0 Å². The normalized spacial score (nSPS) is 19.7. The largest absolute Gasteiger partial charge is 0.421 e. The molecule has 3 heterocycles. The maximum atomic E-state index is 13.2. The number of sulfonamides is 1. The van der Waals surface area contributed by atoms with Gasteiger partial charge < -0.3 is 10.0 Å². The molecule has 3 aromatic rings. The van der Waals surface area contributed by atoms with Gasteiger partial charge in [-0.05, 0) is 60.2 Å². The number of benzene rings is 1. The fraction of sp³-hybridized carbons (Fsp3) is 0.348. The van der Waals surface area contributed by atoms with Crippen LogP contribution in [-0.4, -0.2) is 54.7 Å². The number of anilines is 1. The molecule has 0 unspecified atom stereocenters. The van der Waals surface area contributed by atoms with Crippen molar-refractivity contribution in [3.05, 3.63) is 77.4 Å². The third-order valence-corrected chi connectivity index (χ3v) is 9.31. The van der Waals surface area contributed by atoms with Crippen LogP contribution in [0.15, 0.2) is 70.5 Å². The van der Waals surface area contributed by atoms with Gasteiger partial charge in [0.05, 0.1) is 0 Å². The van der Waals surface area contributed by atoms with E-state index in [0.29, 0.717) is 18.7 Å². The van der Waals surface area contributed by atoms with E-state index in [4.69, 9.17) is 0 Å². The van der Waals surface area contributed by atoms with Crippen LogP contribution in [0.4, 0.5) is 18.9 Å². The summed E-state index contributed by atoms with van der Waals surface area (Å²) in [6.45, 7) is 1.57. The molecule has 0 radical (unpaired) electrons. The number of alkyl halides is 3. The van der Waals surface area contributed by atoms with E-state index in [9.17, 15) is 26.7 Å². The number of thiophene rings is 1. The van der Waals surface area contributed by atoms with Crippen molar-refractivity contribution in [1.29, 1.82) is 0 Å². The minimum absolute atomic E-state index is 0.227. The number of hydrogen-bond donors (Lipinski definition) is 1. The standard InChI is InChI=1S/C23H24F3N3O3S2/c1-22(30,23(24,25)26)18-4-6-19(7-5-18)29-13-12-28(34(31,32)21-3-2-14-33-21)16-20(29)15-17-8-10-27-11-9-17/h2-11,14,20,30H,12-13,15-16H2,1H3/t20-,22+/m0/s1. The highest BCUT2D eigenvalue weighted by Crippen LogP contribution is 2.39. The molecule has 0 bridgehead atoms. The van der Waals surface area contributed by atoms with Gasteiger partial charge in [0.25, 0.3) is 10.0 Å². The first-order valence-electron chi connectivity index (χ1n) is 10.6. The summed E-state index contributed by atoms with van der Waals surface area (Å²) in [5.74, 6) is 0. The number of pyridine rings is 1. The van der Waals surface area contributed by atoms with Crippen molar-refractivity contribution in [2.45, 2.75) is 35.4 Å². The Bertz CT molecular complexity index is 1200. The summed E-state index contributed by atoms with van der Waals surface area (Å²) in [7, 11) is -3.64. The van der Waals surface area contributed by atoms with E-state index in [2.05, 4.69) is 4.98 Å². The van der Waals surface area contributed by atoms with Crippen LogP contribution < -0.4 is 4.90 Å². The maximum Gasteiger partial charge on any atom is 0.421 e. The molecule has 0 aliphatic carbocycles. The first-order chi connectivity index (χ1) is 16.0. The van der Waals surface area contributed by atoms with Crippen molar-refractivity contribution in [3.63, 3.8) is 0 Å². The average molecular weight is 512 g/mol. The first kappa shape index (κ1) is 24.6. The molecule has 182 valence electrons. The summed E-state index contributed by atoms with van der Waals surface area (Å²) in [6, 6.07) is 12.3.